The maximum Gasteiger partial charge on any atom is 0.326 e. The van der Waals surface area contributed by atoms with Crippen molar-refractivity contribution < 1.29 is 34.5 Å². The molecular weight excluding hydrogens is 452 g/mol. The van der Waals surface area contributed by atoms with E-state index < -0.39 is 60.6 Å². The molecular formula is C19H38N8O7. The highest BCUT2D eigenvalue weighted by Gasteiger charge is 2.32. The first-order chi connectivity index (χ1) is 15.9. The Bertz CT molecular complexity index is 700. The Hall–Kier alpha value is -3.01. The van der Waals surface area contributed by atoms with Crippen molar-refractivity contribution in [3.8, 4) is 0 Å². The fraction of sp³-hybridized carbons (Fsp3) is 0.737. The number of aliphatic hydroxyl groups excluding tert-OH is 2. The van der Waals surface area contributed by atoms with Gasteiger partial charge in [0.15, 0.2) is 5.96 Å². The van der Waals surface area contributed by atoms with E-state index in [0.717, 1.165) is 0 Å². The predicted molar refractivity (Wildman–Crippen MR) is 123 cm³/mol. The van der Waals surface area contributed by atoms with Crippen molar-refractivity contribution in [3.63, 3.8) is 0 Å². The lowest BCUT2D eigenvalue weighted by molar-refractivity contribution is -0.143. The maximum atomic E-state index is 12.8. The predicted octanol–water partition coefficient (Wildman–Crippen LogP) is -4.59. The van der Waals surface area contributed by atoms with Crippen LogP contribution in [0.3, 0.4) is 0 Å². The Kier molecular flexibility index (Phi) is 15.1. The van der Waals surface area contributed by atoms with E-state index in [1.54, 1.807) is 0 Å². The Labute approximate surface area is 197 Å². The first-order valence-corrected chi connectivity index (χ1v) is 10.9. The average molecular weight is 491 g/mol. The number of carbonyl (C=O) groups excluding carboxylic acids is 3. The van der Waals surface area contributed by atoms with Crippen molar-refractivity contribution in [1.29, 1.82) is 0 Å². The number of aliphatic hydroxyl groups is 2. The van der Waals surface area contributed by atoms with Gasteiger partial charge in [-0.2, -0.15) is 0 Å². The third-order valence-corrected chi connectivity index (χ3v) is 4.74. The summed E-state index contributed by atoms with van der Waals surface area (Å²) in [6.45, 7) is 1.11. The minimum Gasteiger partial charge on any atom is -0.480 e. The van der Waals surface area contributed by atoms with Crippen molar-refractivity contribution in [2.75, 3.05) is 19.7 Å². The number of carboxylic acids is 1. The second-order valence-corrected chi connectivity index (χ2v) is 7.71. The van der Waals surface area contributed by atoms with E-state index in [2.05, 4.69) is 20.9 Å². The minimum absolute atomic E-state index is 0.00481. The van der Waals surface area contributed by atoms with Crippen molar-refractivity contribution in [2.24, 2.45) is 27.9 Å². The van der Waals surface area contributed by atoms with Crippen LogP contribution in [0.1, 0.15) is 39.0 Å². The van der Waals surface area contributed by atoms with Gasteiger partial charge in [0.25, 0.3) is 0 Å². The van der Waals surface area contributed by atoms with Gasteiger partial charge in [0.2, 0.25) is 17.7 Å². The maximum absolute atomic E-state index is 12.8. The molecule has 0 bridgehead atoms. The van der Waals surface area contributed by atoms with Crippen molar-refractivity contribution in [1.82, 2.24) is 16.0 Å². The molecule has 0 heterocycles. The number of carbonyl (C=O) groups is 4. The highest BCUT2D eigenvalue weighted by molar-refractivity contribution is 5.94. The van der Waals surface area contributed by atoms with E-state index in [4.69, 9.17) is 28.0 Å². The van der Waals surface area contributed by atoms with Gasteiger partial charge in [-0.15, -0.1) is 0 Å². The molecule has 0 saturated heterocycles. The molecule has 0 spiro atoms. The Morgan fingerprint density at radius 2 is 1.50 bits per heavy atom. The molecule has 196 valence electrons. The number of carboxylic acid groups (broad SMARTS) is 1. The molecule has 34 heavy (non-hydrogen) atoms. The lowest BCUT2D eigenvalue weighted by Gasteiger charge is -2.26. The standard InChI is InChI=1S/C19H38N8O7/c1-10(29)14(17(32)26-13(18(33)34)6-4-8-24-19(22)23)27-16(31)12(5-2-3-7-20)25-15(30)11(21)9-28/h10-14,28-29H,2-9,20-21H2,1H3,(H,25,30)(H,26,32)(H,27,31)(H,33,34)(H4,22,23,24). The third-order valence-electron chi connectivity index (χ3n) is 4.74. The van der Waals surface area contributed by atoms with E-state index in [1.807, 2.05) is 0 Å². The van der Waals surface area contributed by atoms with Gasteiger partial charge in [-0.25, -0.2) is 4.79 Å². The summed E-state index contributed by atoms with van der Waals surface area (Å²) in [6.07, 6.45) is 0.0396. The van der Waals surface area contributed by atoms with E-state index in [0.29, 0.717) is 19.4 Å². The zero-order valence-electron chi connectivity index (χ0n) is 19.3. The molecule has 0 rings (SSSR count). The van der Waals surface area contributed by atoms with Crippen LogP contribution in [-0.4, -0.2) is 94.9 Å². The second kappa shape index (κ2) is 16.6. The fourth-order valence-corrected chi connectivity index (χ4v) is 2.80. The molecule has 0 radical (unpaired) electrons. The smallest absolute Gasteiger partial charge is 0.326 e. The molecule has 0 aliphatic rings. The quantitative estimate of drug-likeness (QED) is 0.0525. The number of nitrogens with two attached hydrogens (primary N) is 4. The average Bonchev–Trinajstić information content (AvgIpc) is 2.77. The molecule has 15 nitrogen and oxygen atoms in total. The SMILES string of the molecule is CC(O)C(NC(=O)C(CCCCN)NC(=O)C(N)CO)C(=O)NC(CCCN=C(N)N)C(=O)O. The molecule has 0 aromatic heterocycles. The highest BCUT2D eigenvalue weighted by Crippen LogP contribution is 2.05. The molecule has 3 amide bonds. The number of amides is 3. The summed E-state index contributed by atoms with van der Waals surface area (Å²) in [5.41, 5.74) is 21.3. The summed E-state index contributed by atoms with van der Waals surface area (Å²) in [5.74, 6) is -3.98. The molecule has 0 aliphatic carbocycles. The minimum atomic E-state index is -1.51. The molecule has 0 aromatic rings. The molecule has 5 atom stereocenters. The summed E-state index contributed by atoms with van der Waals surface area (Å²) >= 11 is 0. The second-order valence-electron chi connectivity index (χ2n) is 7.71. The van der Waals surface area contributed by atoms with Crippen LogP contribution >= 0.6 is 0 Å². The topological polar surface area (TPSA) is 282 Å². The van der Waals surface area contributed by atoms with Gasteiger partial charge >= 0.3 is 5.97 Å². The van der Waals surface area contributed by atoms with Gasteiger partial charge in [0.1, 0.15) is 24.2 Å². The Morgan fingerprint density at radius 3 is 2.00 bits per heavy atom. The van der Waals surface area contributed by atoms with Crippen LogP contribution in [0.25, 0.3) is 0 Å². The van der Waals surface area contributed by atoms with Gasteiger partial charge in [-0.1, -0.05) is 0 Å². The van der Waals surface area contributed by atoms with Gasteiger partial charge in [0, 0.05) is 6.54 Å². The molecule has 0 aliphatic heterocycles. The number of unbranched alkanes of at least 4 members (excludes halogenated alkanes) is 1. The molecule has 0 saturated carbocycles. The summed E-state index contributed by atoms with van der Waals surface area (Å²) in [7, 11) is 0. The third kappa shape index (κ3) is 12.3. The number of aliphatic imine (C=N–C) groups is 1. The van der Waals surface area contributed by atoms with Crippen LogP contribution in [0.15, 0.2) is 4.99 Å². The number of aliphatic carboxylic acids is 1. The lowest BCUT2D eigenvalue weighted by Crippen LogP contribution is -2.60. The molecule has 15 heteroatoms. The van der Waals surface area contributed by atoms with Crippen LogP contribution in [-0.2, 0) is 19.2 Å². The molecule has 0 fully saturated rings. The normalized spacial score (nSPS) is 15.2. The van der Waals surface area contributed by atoms with Crippen LogP contribution in [0.2, 0.25) is 0 Å². The van der Waals surface area contributed by atoms with Crippen LogP contribution in [0.5, 0.6) is 0 Å². The van der Waals surface area contributed by atoms with Crippen LogP contribution in [0.4, 0.5) is 0 Å². The summed E-state index contributed by atoms with van der Waals surface area (Å²) < 4.78 is 0. The first kappa shape index (κ1) is 31.0. The van der Waals surface area contributed by atoms with Gasteiger partial charge < -0.3 is 54.2 Å². The van der Waals surface area contributed by atoms with Gasteiger partial charge in [-0.3, -0.25) is 19.4 Å². The number of hydrogen-bond acceptors (Lipinski definition) is 9. The van der Waals surface area contributed by atoms with Crippen LogP contribution in [0, 0.1) is 0 Å². The van der Waals surface area contributed by atoms with E-state index >= 15 is 0 Å². The molecule has 0 aromatic carbocycles. The fourth-order valence-electron chi connectivity index (χ4n) is 2.80. The number of guanidine groups is 1. The van der Waals surface area contributed by atoms with E-state index in [1.165, 1.54) is 6.92 Å². The lowest BCUT2D eigenvalue weighted by atomic mass is 10.1. The van der Waals surface area contributed by atoms with E-state index in [-0.39, 0.29) is 31.8 Å². The number of hydrogen-bond donors (Lipinski definition) is 10. The largest absolute Gasteiger partial charge is 0.480 e. The molecule has 14 N–H and O–H groups in total. The zero-order valence-corrected chi connectivity index (χ0v) is 19.3. The van der Waals surface area contributed by atoms with Crippen molar-refractivity contribution in [2.45, 2.75) is 69.3 Å². The zero-order chi connectivity index (χ0) is 26.3. The number of nitrogens with zero attached hydrogens (tertiary/aromatic N) is 1. The summed E-state index contributed by atoms with van der Waals surface area (Å²) in [4.78, 5) is 52.7. The highest BCUT2D eigenvalue weighted by atomic mass is 16.4. The van der Waals surface area contributed by atoms with Crippen LogP contribution < -0.4 is 38.9 Å². The number of rotatable bonds is 17. The first-order valence-electron chi connectivity index (χ1n) is 10.9. The van der Waals surface area contributed by atoms with Gasteiger partial charge in [-0.05, 0) is 45.6 Å². The van der Waals surface area contributed by atoms with Gasteiger partial charge in [0.05, 0.1) is 12.7 Å². The monoisotopic (exact) mass is 490 g/mol. The summed E-state index contributed by atoms with van der Waals surface area (Å²) in [5, 5.41) is 35.5. The Balaban J connectivity index is 5.31. The van der Waals surface area contributed by atoms with Crippen molar-refractivity contribution >= 4 is 29.7 Å². The summed E-state index contributed by atoms with van der Waals surface area (Å²) in [6, 6.07) is -5.20. The van der Waals surface area contributed by atoms with Crippen molar-refractivity contribution in [3.05, 3.63) is 0 Å². The molecule has 5 unspecified atom stereocenters. The Morgan fingerprint density at radius 1 is 0.912 bits per heavy atom. The van der Waals surface area contributed by atoms with E-state index in [9.17, 15) is 29.4 Å². The number of nitrogens with one attached hydrogen (secondary N) is 3.